The largest absolute Gasteiger partial charge is 0.316 e. The van der Waals surface area contributed by atoms with Gasteiger partial charge in [-0.3, -0.25) is 4.79 Å². The molecule has 1 aliphatic rings. The molecule has 1 atom stereocenters. The zero-order valence-electron chi connectivity index (χ0n) is 20.9. The number of unbranched alkanes of at least 4 members (excludes halogenated alkanes) is 1. The van der Waals surface area contributed by atoms with Crippen molar-refractivity contribution >= 4 is 17.7 Å². The van der Waals surface area contributed by atoms with Gasteiger partial charge in [-0.25, -0.2) is 0 Å². The number of allylic oxidation sites excluding steroid dienone is 1. The van der Waals surface area contributed by atoms with Crippen LogP contribution in [0.1, 0.15) is 108 Å². The van der Waals surface area contributed by atoms with Gasteiger partial charge >= 0.3 is 0 Å². The molecule has 0 radical (unpaired) electrons. The molecule has 1 aliphatic heterocycles. The van der Waals surface area contributed by atoms with Crippen LogP contribution in [0.25, 0.3) is 0 Å². The molecule has 1 rings (SSSR count). The van der Waals surface area contributed by atoms with Crippen molar-refractivity contribution in [3.63, 3.8) is 0 Å². The highest BCUT2D eigenvalue weighted by Gasteiger charge is 2.37. The van der Waals surface area contributed by atoms with Gasteiger partial charge in [0.1, 0.15) is 0 Å². The third-order valence-electron chi connectivity index (χ3n) is 4.33. The number of hydrogen-bond acceptors (Lipinski definition) is 2. The van der Waals surface area contributed by atoms with Gasteiger partial charge in [-0.1, -0.05) is 88.2 Å². The van der Waals surface area contributed by atoms with Crippen LogP contribution in [0.15, 0.2) is 25.4 Å². The van der Waals surface area contributed by atoms with E-state index in [1.807, 2.05) is 37.4 Å². The molecule has 28 heavy (non-hydrogen) atoms. The fourth-order valence-corrected chi connectivity index (χ4v) is 4.24. The van der Waals surface area contributed by atoms with Crippen LogP contribution in [0, 0.1) is 5.41 Å². The molecule has 0 spiro atoms. The quantitative estimate of drug-likeness (QED) is 0.390. The van der Waals surface area contributed by atoms with E-state index in [1.165, 1.54) is 25.7 Å². The summed E-state index contributed by atoms with van der Waals surface area (Å²) in [4.78, 5) is 14.1. The third-order valence-corrected chi connectivity index (χ3v) is 5.82. The molecule has 1 saturated heterocycles. The molecule has 0 bridgehead atoms. The van der Waals surface area contributed by atoms with Crippen LogP contribution in [0.2, 0.25) is 0 Å². The maximum Gasteiger partial charge on any atom is 0.240 e. The van der Waals surface area contributed by atoms with Gasteiger partial charge < -0.3 is 4.90 Å². The lowest BCUT2D eigenvalue weighted by molar-refractivity contribution is -0.126. The van der Waals surface area contributed by atoms with Crippen molar-refractivity contribution in [2.45, 2.75) is 118 Å². The van der Waals surface area contributed by atoms with E-state index in [9.17, 15) is 4.79 Å². The standard InChI is InChI=1S/C17H31NOS.C4H10.C2H6.C2H4/c1-8-18-13(2)12-14(15(18)19)20-17(6,7)11-9-10-16(3,4)5;1-3-4-2;2*1-2/h14H,2,8-12H2,1,3-7H3;3-4H2,1-2H3;1-2H3;1-2H2. The van der Waals surface area contributed by atoms with Crippen molar-refractivity contribution in [3.05, 3.63) is 25.4 Å². The predicted octanol–water partition coefficient (Wildman–Crippen LogP) is 8.48. The van der Waals surface area contributed by atoms with Crippen molar-refractivity contribution in [1.82, 2.24) is 4.90 Å². The summed E-state index contributed by atoms with van der Waals surface area (Å²) in [5.41, 5.74) is 1.39. The first-order valence-electron chi connectivity index (χ1n) is 11.1. The highest BCUT2D eigenvalue weighted by atomic mass is 32.2. The van der Waals surface area contributed by atoms with Crippen LogP contribution in [-0.2, 0) is 4.79 Å². The summed E-state index contributed by atoms with van der Waals surface area (Å²) in [5.74, 6) is 0.256. The van der Waals surface area contributed by atoms with Gasteiger partial charge in [0.15, 0.2) is 0 Å². The van der Waals surface area contributed by atoms with Crippen LogP contribution in [0.3, 0.4) is 0 Å². The topological polar surface area (TPSA) is 20.3 Å². The molecule has 2 nitrogen and oxygen atoms in total. The molecule has 0 N–H and O–H groups in total. The Morgan fingerprint density at radius 2 is 1.46 bits per heavy atom. The fourth-order valence-electron chi connectivity index (χ4n) is 2.70. The van der Waals surface area contributed by atoms with E-state index < -0.39 is 0 Å². The van der Waals surface area contributed by atoms with Gasteiger partial charge in [0, 0.05) is 23.4 Å². The van der Waals surface area contributed by atoms with E-state index in [4.69, 9.17) is 0 Å². The lowest BCUT2D eigenvalue weighted by Crippen LogP contribution is -2.30. The van der Waals surface area contributed by atoms with Gasteiger partial charge in [0.05, 0.1) is 5.25 Å². The highest BCUT2D eigenvalue weighted by molar-refractivity contribution is 8.01. The number of amides is 1. The Morgan fingerprint density at radius 3 is 1.79 bits per heavy atom. The molecular weight excluding hydrogens is 362 g/mol. The van der Waals surface area contributed by atoms with Crippen molar-refractivity contribution in [2.24, 2.45) is 5.41 Å². The minimum atomic E-state index is 0.0760. The number of likely N-dealkylation sites (tertiary alicyclic amines) is 1. The average molecular weight is 414 g/mol. The summed E-state index contributed by atoms with van der Waals surface area (Å²) in [7, 11) is 0. The molecule has 0 aromatic carbocycles. The number of hydrogen-bond donors (Lipinski definition) is 0. The molecule has 0 saturated carbocycles. The van der Waals surface area contributed by atoms with E-state index in [2.05, 4.69) is 68.2 Å². The Bertz CT molecular complexity index is 407. The lowest BCUT2D eigenvalue weighted by Gasteiger charge is -2.28. The van der Waals surface area contributed by atoms with Crippen LogP contribution in [0.5, 0.6) is 0 Å². The Hall–Kier alpha value is -0.700. The Balaban J connectivity index is -0.000000675. The van der Waals surface area contributed by atoms with E-state index in [0.717, 1.165) is 25.1 Å². The number of carbonyl (C=O) groups excluding carboxylic acids is 1. The zero-order chi connectivity index (χ0) is 23.0. The number of nitrogens with zero attached hydrogens (tertiary/aromatic N) is 1. The van der Waals surface area contributed by atoms with E-state index in [-0.39, 0.29) is 15.9 Å². The Labute approximate surface area is 182 Å². The molecule has 0 aliphatic carbocycles. The molecule has 168 valence electrons. The van der Waals surface area contributed by atoms with Crippen LogP contribution in [-0.4, -0.2) is 27.3 Å². The second-order valence-corrected chi connectivity index (χ2v) is 10.5. The first kappa shape index (κ1) is 32.0. The molecule has 1 fully saturated rings. The minimum absolute atomic E-state index is 0.0760. The smallest absolute Gasteiger partial charge is 0.240 e. The summed E-state index contributed by atoms with van der Waals surface area (Å²) >= 11 is 1.84. The first-order chi connectivity index (χ1) is 13.0. The highest BCUT2D eigenvalue weighted by Crippen LogP contribution is 2.40. The molecule has 1 heterocycles. The van der Waals surface area contributed by atoms with Crippen LogP contribution in [0.4, 0.5) is 0 Å². The van der Waals surface area contributed by atoms with E-state index >= 15 is 0 Å². The van der Waals surface area contributed by atoms with Crippen molar-refractivity contribution in [3.8, 4) is 0 Å². The monoisotopic (exact) mass is 413 g/mol. The summed E-state index contributed by atoms with van der Waals surface area (Å²) in [6.07, 6.45) is 7.09. The lowest BCUT2D eigenvalue weighted by atomic mass is 9.88. The fraction of sp³-hybridized carbons (Fsp3) is 0.800. The normalized spacial score (nSPS) is 16.4. The van der Waals surface area contributed by atoms with Gasteiger partial charge in [0.2, 0.25) is 5.91 Å². The molecule has 0 aromatic rings. The molecule has 0 aromatic heterocycles. The summed E-state index contributed by atoms with van der Waals surface area (Å²) in [5, 5.41) is 0.0760. The van der Waals surface area contributed by atoms with Gasteiger partial charge in [-0.15, -0.1) is 24.9 Å². The first-order valence-corrected chi connectivity index (χ1v) is 12.0. The van der Waals surface area contributed by atoms with Crippen LogP contribution < -0.4 is 0 Å². The van der Waals surface area contributed by atoms with Gasteiger partial charge in [-0.2, -0.15) is 0 Å². The number of rotatable bonds is 7. The minimum Gasteiger partial charge on any atom is -0.316 e. The summed E-state index contributed by atoms with van der Waals surface area (Å²) < 4.78 is 0.162. The second-order valence-electron chi connectivity index (χ2n) is 8.63. The summed E-state index contributed by atoms with van der Waals surface area (Å²) in [6.45, 7) is 32.6. The number of carbonyl (C=O) groups is 1. The predicted molar refractivity (Wildman–Crippen MR) is 133 cm³/mol. The maximum absolute atomic E-state index is 12.3. The Morgan fingerprint density at radius 1 is 1.00 bits per heavy atom. The summed E-state index contributed by atoms with van der Waals surface area (Å²) in [6, 6.07) is 0. The van der Waals surface area contributed by atoms with E-state index in [1.54, 1.807) is 0 Å². The Kier molecular flexibility index (Phi) is 19.6. The molecular formula is C25H51NOS. The van der Waals surface area contributed by atoms with Crippen LogP contribution >= 0.6 is 11.8 Å². The molecule has 3 heteroatoms. The molecule has 1 amide bonds. The third kappa shape index (κ3) is 15.2. The maximum atomic E-state index is 12.3. The SMILES string of the molecule is C=C.C=C1CC(SC(C)(C)CCCC(C)(C)C)C(=O)N1CC.CC.CCCC. The zero-order valence-corrected chi connectivity index (χ0v) is 21.7. The van der Waals surface area contributed by atoms with E-state index in [0.29, 0.717) is 5.41 Å². The van der Waals surface area contributed by atoms with Crippen molar-refractivity contribution in [1.29, 1.82) is 0 Å². The van der Waals surface area contributed by atoms with Gasteiger partial charge in [0.25, 0.3) is 0 Å². The van der Waals surface area contributed by atoms with Crippen molar-refractivity contribution < 1.29 is 4.79 Å². The molecule has 1 unspecified atom stereocenters. The van der Waals surface area contributed by atoms with Gasteiger partial charge in [-0.05, 0) is 25.2 Å². The number of thioether (sulfide) groups is 1. The average Bonchev–Trinajstić information content (AvgIpc) is 2.89. The van der Waals surface area contributed by atoms with Crippen molar-refractivity contribution in [2.75, 3.05) is 6.54 Å². The second kappa shape index (κ2) is 17.2.